The largest absolute Gasteiger partial charge is 0.501 e. The van der Waals surface area contributed by atoms with E-state index in [2.05, 4.69) is 17.9 Å². The molecule has 88 valence electrons. The Hall–Kier alpha value is -0.540. The Balaban J connectivity index is 1.91. The van der Waals surface area contributed by atoms with Crippen LogP contribution in [-0.2, 0) is 9.47 Å². The van der Waals surface area contributed by atoms with E-state index in [1.54, 1.807) is 0 Å². The molecule has 0 saturated carbocycles. The van der Waals surface area contributed by atoms with Gasteiger partial charge in [-0.05, 0) is 12.5 Å². The molecule has 0 atom stereocenters. The third-order valence-electron chi connectivity index (χ3n) is 2.53. The fourth-order valence-corrected chi connectivity index (χ4v) is 1.55. The van der Waals surface area contributed by atoms with Crippen molar-refractivity contribution in [2.45, 2.75) is 26.2 Å². The van der Waals surface area contributed by atoms with Gasteiger partial charge in [-0.1, -0.05) is 19.8 Å². The lowest BCUT2D eigenvalue weighted by molar-refractivity contribution is 0.0431. The van der Waals surface area contributed by atoms with Crippen LogP contribution < -0.4 is 0 Å². The number of unbranched alkanes of at least 4 members (excludes halogenated alkanes) is 2. The van der Waals surface area contributed by atoms with Crippen molar-refractivity contribution in [3.8, 4) is 0 Å². The molecular formula is C12H23NO2. The van der Waals surface area contributed by atoms with E-state index in [0.29, 0.717) is 0 Å². The lowest BCUT2D eigenvalue weighted by Gasteiger charge is -2.24. The molecule has 0 bridgehead atoms. The molecule has 0 amide bonds. The molecule has 0 unspecified atom stereocenters. The predicted octanol–water partition coefficient (Wildman–Crippen LogP) is 2.04. The Bertz CT molecular complexity index is 165. The second kappa shape index (κ2) is 8.74. The Morgan fingerprint density at radius 2 is 2.07 bits per heavy atom. The molecule has 0 aromatic carbocycles. The zero-order valence-corrected chi connectivity index (χ0v) is 9.78. The van der Waals surface area contributed by atoms with Crippen LogP contribution in [0.4, 0.5) is 0 Å². The number of ether oxygens (including phenoxy) is 2. The molecule has 0 spiro atoms. The van der Waals surface area contributed by atoms with E-state index in [9.17, 15) is 0 Å². The quantitative estimate of drug-likeness (QED) is 0.477. The summed E-state index contributed by atoms with van der Waals surface area (Å²) in [6, 6.07) is 0. The van der Waals surface area contributed by atoms with Gasteiger partial charge in [-0.3, -0.25) is 4.90 Å². The molecule has 3 heteroatoms. The third-order valence-corrected chi connectivity index (χ3v) is 2.53. The van der Waals surface area contributed by atoms with Gasteiger partial charge in [-0.2, -0.15) is 0 Å². The highest BCUT2D eigenvalue weighted by Crippen LogP contribution is 1.97. The predicted molar refractivity (Wildman–Crippen MR) is 61.9 cm³/mol. The summed E-state index contributed by atoms with van der Waals surface area (Å²) in [5, 5.41) is 0. The van der Waals surface area contributed by atoms with Crippen molar-refractivity contribution in [1.29, 1.82) is 0 Å². The topological polar surface area (TPSA) is 21.7 Å². The molecule has 3 nitrogen and oxygen atoms in total. The average molecular weight is 213 g/mol. The fourth-order valence-electron chi connectivity index (χ4n) is 1.55. The maximum absolute atomic E-state index is 5.39. The first kappa shape index (κ1) is 12.5. The Morgan fingerprint density at radius 1 is 1.27 bits per heavy atom. The molecule has 1 saturated heterocycles. The SMILES string of the molecule is CCCCCOC=CCN1CCOCC1. The molecule has 1 aliphatic rings. The summed E-state index contributed by atoms with van der Waals surface area (Å²) >= 11 is 0. The first-order valence-electron chi connectivity index (χ1n) is 6.00. The summed E-state index contributed by atoms with van der Waals surface area (Å²) in [6.07, 6.45) is 7.61. The van der Waals surface area contributed by atoms with Crippen LogP contribution in [0.3, 0.4) is 0 Å². The number of rotatable bonds is 7. The Labute approximate surface area is 93.0 Å². The summed E-state index contributed by atoms with van der Waals surface area (Å²) in [7, 11) is 0. The third kappa shape index (κ3) is 6.52. The van der Waals surface area contributed by atoms with E-state index in [1.807, 2.05) is 6.26 Å². The van der Waals surface area contributed by atoms with Crippen molar-refractivity contribution in [1.82, 2.24) is 4.90 Å². The molecule has 0 N–H and O–H groups in total. The first-order chi connectivity index (χ1) is 7.43. The molecular weight excluding hydrogens is 190 g/mol. The minimum atomic E-state index is 0.855. The van der Waals surface area contributed by atoms with E-state index in [-0.39, 0.29) is 0 Å². The van der Waals surface area contributed by atoms with Crippen molar-refractivity contribution >= 4 is 0 Å². The maximum Gasteiger partial charge on any atom is 0.0873 e. The van der Waals surface area contributed by atoms with Gasteiger partial charge in [0.15, 0.2) is 0 Å². The van der Waals surface area contributed by atoms with Gasteiger partial charge in [-0.15, -0.1) is 0 Å². The standard InChI is InChI=1S/C12H23NO2/c1-2-3-4-9-14-10-5-6-13-7-11-15-12-8-13/h5,10H,2-4,6-9,11-12H2,1H3. The van der Waals surface area contributed by atoms with Crippen LogP contribution in [0.1, 0.15) is 26.2 Å². The van der Waals surface area contributed by atoms with Crippen LogP contribution in [-0.4, -0.2) is 44.4 Å². The minimum Gasteiger partial charge on any atom is -0.501 e. The second-order valence-electron chi connectivity index (χ2n) is 3.86. The molecule has 1 aliphatic heterocycles. The van der Waals surface area contributed by atoms with E-state index in [1.165, 1.54) is 19.3 Å². The van der Waals surface area contributed by atoms with E-state index < -0.39 is 0 Å². The number of morpholine rings is 1. The Kier molecular flexibility index (Phi) is 7.30. The van der Waals surface area contributed by atoms with Gasteiger partial charge in [0, 0.05) is 19.6 Å². The summed E-state index contributed by atoms with van der Waals surface area (Å²) in [4.78, 5) is 2.37. The molecule has 15 heavy (non-hydrogen) atoms. The number of hydrogen-bond acceptors (Lipinski definition) is 3. The van der Waals surface area contributed by atoms with Crippen molar-refractivity contribution in [3.63, 3.8) is 0 Å². The Morgan fingerprint density at radius 3 is 2.80 bits per heavy atom. The van der Waals surface area contributed by atoms with E-state index >= 15 is 0 Å². The van der Waals surface area contributed by atoms with Gasteiger partial charge < -0.3 is 9.47 Å². The maximum atomic E-state index is 5.39. The highest BCUT2D eigenvalue weighted by Gasteiger charge is 2.07. The van der Waals surface area contributed by atoms with Crippen molar-refractivity contribution in [2.75, 3.05) is 39.5 Å². The smallest absolute Gasteiger partial charge is 0.0873 e. The summed E-state index contributed by atoms with van der Waals surface area (Å²) < 4.78 is 10.7. The zero-order chi connectivity index (χ0) is 10.8. The summed E-state index contributed by atoms with van der Waals surface area (Å²) in [5.74, 6) is 0. The first-order valence-corrected chi connectivity index (χ1v) is 6.00. The monoisotopic (exact) mass is 213 g/mol. The van der Waals surface area contributed by atoms with Gasteiger partial charge in [0.1, 0.15) is 0 Å². The van der Waals surface area contributed by atoms with Crippen molar-refractivity contribution < 1.29 is 9.47 Å². The molecule has 0 aromatic heterocycles. The van der Waals surface area contributed by atoms with Gasteiger partial charge in [0.25, 0.3) is 0 Å². The van der Waals surface area contributed by atoms with Crippen LogP contribution in [0.15, 0.2) is 12.3 Å². The fraction of sp³-hybridized carbons (Fsp3) is 0.833. The average Bonchev–Trinajstić information content (AvgIpc) is 2.29. The molecule has 0 radical (unpaired) electrons. The molecule has 1 fully saturated rings. The lowest BCUT2D eigenvalue weighted by atomic mass is 10.3. The lowest BCUT2D eigenvalue weighted by Crippen LogP contribution is -2.36. The second-order valence-corrected chi connectivity index (χ2v) is 3.86. The van der Waals surface area contributed by atoms with Gasteiger partial charge in [0.05, 0.1) is 26.1 Å². The highest BCUT2D eigenvalue weighted by molar-refractivity contribution is 4.79. The molecule has 0 aromatic rings. The van der Waals surface area contributed by atoms with Crippen LogP contribution in [0.2, 0.25) is 0 Å². The summed E-state index contributed by atoms with van der Waals surface area (Å²) in [6.45, 7) is 7.86. The van der Waals surface area contributed by atoms with Crippen LogP contribution in [0, 0.1) is 0 Å². The minimum absolute atomic E-state index is 0.855. The zero-order valence-electron chi connectivity index (χ0n) is 9.78. The van der Waals surface area contributed by atoms with Crippen molar-refractivity contribution in [3.05, 3.63) is 12.3 Å². The van der Waals surface area contributed by atoms with Gasteiger partial charge in [0.2, 0.25) is 0 Å². The highest BCUT2D eigenvalue weighted by atomic mass is 16.5. The molecule has 1 rings (SSSR count). The number of nitrogens with zero attached hydrogens (tertiary/aromatic N) is 1. The van der Waals surface area contributed by atoms with Crippen LogP contribution >= 0.6 is 0 Å². The van der Waals surface area contributed by atoms with E-state index in [4.69, 9.17) is 9.47 Å². The van der Waals surface area contributed by atoms with Crippen LogP contribution in [0.25, 0.3) is 0 Å². The van der Waals surface area contributed by atoms with Crippen LogP contribution in [0.5, 0.6) is 0 Å². The molecule has 0 aliphatic carbocycles. The summed E-state index contributed by atoms with van der Waals surface area (Å²) in [5.41, 5.74) is 0. The number of hydrogen-bond donors (Lipinski definition) is 0. The normalized spacial score (nSPS) is 18.5. The molecule has 1 heterocycles. The van der Waals surface area contributed by atoms with Gasteiger partial charge >= 0.3 is 0 Å². The van der Waals surface area contributed by atoms with Crippen molar-refractivity contribution in [2.24, 2.45) is 0 Å². The van der Waals surface area contributed by atoms with Gasteiger partial charge in [-0.25, -0.2) is 0 Å². The van der Waals surface area contributed by atoms with E-state index in [0.717, 1.165) is 39.5 Å².